The summed E-state index contributed by atoms with van der Waals surface area (Å²) in [6, 6.07) is 1.18. The van der Waals surface area contributed by atoms with Crippen LogP contribution in [-0.2, 0) is 0 Å². The Hall–Kier alpha value is -0.0800. The zero-order chi connectivity index (χ0) is 10.8. The molecule has 88 valence electrons. The van der Waals surface area contributed by atoms with E-state index in [-0.39, 0.29) is 6.10 Å². The number of aliphatic hydroxyl groups is 1. The molecule has 2 fully saturated rings. The van der Waals surface area contributed by atoms with Gasteiger partial charge in [0.2, 0.25) is 0 Å². The highest BCUT2D eigenvalue weighted by Gasteiger charge is 2.33. The van der Waals surface area contributed by atoms with Crippen LogP contribution in [0.2, 0.25) is 0 Å². The van der Waals surface area contributed by atoms with Crippen LogP contribution in [0.5, 0.6) is 0 Å². The molecule has 2 nitrogen and oxygen atoms in total. The summed E-state index contributed by atoms with van der Waals surface area (Å²) in [5, 5.41) is 9.90. The van der Waals surface area contributed by atoms with Crippen LogP contribution in [0.15, 0.2) is 0 Å². The Labute approximate surface area is 93.7 Å². The zero-order valence-electron chi connectivity index (χ0n) is 10.2. The summed E-state index contributed by atoms with van der Waals surface area (Å²) in [6.45, 7) is 2.36. The lowest BCUT2D eigenvalue weighted by Gasteiger charge is -2.38. The average molecular weight is 211 g/mol. The van der Waals surface area contributed by atoms with Crippen LogP contribution in [0, 0.1) is 5.92 Å². The Morgan fingerprint density at radius 3 is 2.20 bits per heavy atom. The summed E-state index contributed by atoms with van der Waals surface area (Å²) in [4.78, 5) is 2.48. The van der Waals surface area contributed by atoms with Crippen molar-refractivity contribution in [2.24, 2.45) is 5.92 Å². The maximum atomic E-state index is 9.90. The largest absolute Gasteiger partial charge is 0.391 e. The van der Waals surface area contributed by atoms with Crippen LogP contribution >= 0.6 is 0 Å². The van der Waals surface area contributed by atoms with Gasteiger partial charge in [0.15, 0.2) is 0 Å². The molecule has 2 heteroatoms. The van der Waals surface area contributed by atoms with Gasteiger partial charge < -0.3 is 5.11 Å². The first-order valence-electron chi connectivity index (χ1n) is 6.58. The van der Waals surface area contributed by atoms with Gasteiger partial charge in [-0.1, -0.05) is 6.92 Å². The van der Waals surface area contributed by atoms with Gasteiger partial charge in [0, 0.05) is 12.1 Å². The fraction of sp³-hybridized carbons (Fsp3) is 1.00. The van der Waals surface area contributed by atoms with Crippen LogP contribution in [0.1, 0.15) is 51.9 Å². The van der Waals surface area contributed by atoms with Gasteiger partial charge in [-0.25, -0.2) is 0 Å². The molecule has 0 unspecified atom stereocenters. The van der Waals surface area contributed by atoms with Crippen molar-refractivity contribution in [3.05, 3.63) is 0 Å². The summed E-state index contributed by atoms with van der Waals surface area (Å²) in [7, 11) is 2.22. The minimum Gasteiger partial charge on any atom is -0.391 e. The van der Waals surface area contributed by atoms with Crippen molar-refractivity contribution in [2.45, 2.75) is 70.1 Å². The molecule has 2 saturated carbocycles. The lowest BCUT2D eigenvalue weighted by Crippen LogP contribution is -2.45. The topological polar surface area (TPSA) is 23.5 Å². The molecule has 0 saturated heterocycles. The molecular formula is C13H25NO. The van der Waals surface area contributed by atoms with Gasteiger partial charge in [0.1, 0.15) is 0 Å². The van der Waals surface area contributed by atoms with Gasteiger partial charge >= 0.3 is 0 Å². The van der Waals surface area contributed by atoms with Gasteiger partial charge in [-0.15, -0.1) is 0 Å². The molecule has 2 aliphatic rings. The van der Waals surface area contributed by atoms with E-state index in [1.54, 1.807) is 0 Å². The van der Waals surface area contributed by atoms with E-state index < -0.39 is 0 Å². The standard InChI is InChI=1S/C13H25NO/c1-10-6-8-11(9-7-10)14(2)12-4-3-5-13(12)15/h10-13,15H,3-9H2,1-2H3/t10?,11?,12-,13-/m1/s1. The van der Waals surface area contributed by atoms with E-state index in [2.05, 4.69) is 18.9 Å². The van der Waals surface area contributed by atoms with Crippen molar-refractivity contribution < 1.29 is 5.11 Å². The van der Waals surface area contributed by atoms with Gasteiger partial charge in [-0.3, -0.25) is 4.90 Å². The fourth-order valence-electron chi connectivity index (χ4n) is 3.32. The molecule has 0 aliphatic heterocycles. The van der Waals surface area contributed by atoms with Crippen molar-refractivity contribution in [2.75, 3.05) is 7.05 Å². The Kier molecular flexibility index (Phi) is 3.68. The van der Waals surface area contributed by atoms with Gasteiger partial charge in [-0.05, 0) is 57.9 Å². The molecule has 0 bridgehead atoms. The van der Waals surface area contributed by atoms with Crippen molar-refractivity contribution in [1.82, 2.24) is 4.90 Å². The molecule has 0 amide bonds. The summed E-state index contributed by atoms with van der Waals surface area (Å²) < 4.78 is 0. The lowest BCUT2D eigenvalue weighted by molar-refractivity contribution is 0.0454. The summed E-state index contributed by atoms with van der Waals surface area (Å²) in [5.74, 6) is 0.920. The monoisotopic (exact) mass is 211 g/mol. The first-order valence-corrected chi connectivity index (χ1v) is 6.58. The van der Waals surface area contributed by atoms with E-state index in [1.165, 1.54) is 38.5 Å². The molecule has 15 heavy (non-hydrogen) atoms. The summed E-state index contributed by atoms with van der Waals surface area (Å²) in [6.07, 6.45) is 8.77. The Morgan fingerprint density at radius 2 is 1.67 bits per heavy atom. The lowest BCUT2D eigenvalue weighted by atomic mass is 9.86. The smallest absolute Gasteiger partial charge is 0.0695 e. The van der Waals surface area contributed by atoms with Crippen LogP contribution in [0.25, 0.3) is 0 Å². The maximum Gasteiger partial charge on any atom is 0.0695 e. The van der Waals surface area contributed by atoms with Gasteiger partial charge in [-0.2, -0.15) is 0 Å². The third kappa shape index (κ3) is 2.54. The predicted octanol–water partition coefficient (Wildman–Crippen LogP) is 2.41. The third-order valence-corrected chi connectivity index (χ3v) is 4.53. The second-order valence-corrected chi connectivity index (χ2v) is 5.64. The number of likely N-dealkylation sites (N-methyl/N-ethyl adjacent to an activating group) is 1. The van der Waals surface area contributed by atoms with E-state index >= 15 is 0 Å². The van der Waals surface area contributed by atoms with E-state index in [9.17, 15) is 5.11 Å². The van der Waals surface area contributed by atoms with E-state index in [1.807, 2.05) is 0 Å². The number of aliphatic hydroxyl groups excluding tert-OH is 1. The second-order valence-electron chi connectivity index (χ2n) is 5.64. The molecule has 0 aromatic carbocycles. The van der Waals surface area contributed by atoms with E-state index in [0.717, 1.165) is 18.4 Å². The molecule has 1 N–H and O–H groups in total. The highest BCUT2D eigenvalue weighted by molar-refractivity contribution is 4.88. The normalized spacial score (nSPS) is 42.4. The average Bonchev–Trinajstić information content (AvgIpc) is 2.65. The SMILES string of the molecule is CC1CCC(N(C)[C@@H]2CCC[C@H]2O)CC1. The van der Waals surface area contributed by atoms with Crippen LogP contribution in [0.3, 0.4) is 0 Å². The minimum atomic E-state index is -0.0608. The third-order valence-electron chi connectivity index (χ3n) is 4.53. The highest BCUT2D eigenvalue weighted by atomic mass is 16.3. The van der Waals surface area contributed by atoms with Crippen LogP contribution in [0.4, 0.5) is 0 Å². The first kappa shape index (κ1) is 11.4. The molecular weight excluding hydrogens is 186 g/mol. The molecule has 0 radical (unpaired) electrons. The number of nitrogens with zero attached hydrogens (tertiary/aromatic N) is 1. The minimum absolute atomic E-state index is 0.0608. The first-order chi connectivity index (χ1) is 7.18. The number of rotatable bonds is 2. The number of hydrogen-bond donors (Lipinski definition) is 1. The zero-order valence-corrected chi connectivity index (χ0v) is 10.2. The van der Waals surface area contributed by atoms with Crippen molar-refractivity contribution in [1.29, 1.82) is 0 Å². The molecule has 2 aliphatic carbocycles. The molecule has 0 spiro atoms. The number of hydrogen-bond acceptors (Lipinski definition) is 2. The second kappa shape index (κ2) is 4.84. The van der Waals surface area contributed by atoms with Crippen LogP contribution in [-0.4, -0.2) is 35.2 Å². The van der Waals surface area contributed by atoms with E-state index in [4.69, 9.17) is 0 Å². The van der Waals surface area contributed by atoms with Crippen LogP contribution < -0.4 is 0 Å². The van der Waals surface area contributed by atoms with Crippen molar-refractivity contribution in [3.8, 4) is 0 Å². The summed E-state index contributed by atoms with van der Waals surface area (Å²) >= 11 is 0. The molecule has 0 aromatic heterocycles. The molecule has 2 rings (SSSR count). The molecule has 2 atom stereocenters. The maximum absolute atomic E-state index is 9.90. The molecule has 0 aromatic rings. The van der Waals surface area contributed by atoms with Crippen molar-refractivity contribution >= 4 is 0 Å². The Bertz CT molecular complexity index is 199. The van der Waals surface area contributed by atoms with Gasteiger partial charge in [0.25, 0.3) is 0 Å². The van der Waals surface area contributed by atoms with E-state index in [0.29, 0.717) is 6.04 Å². The Morgan fingerprint density at radius 1 is 1.00 bits per heavy atom. The van der Waals surface area contributed by atoms with Crippen molar-refractivity contribution in [3.63, 3.8) is 0 Å². The Balaban J connectivity index is 1.87. The summed E-state index contributed by atoms with van der Waals surface area (Å²) in [5.41, 5.74) is 0. The highest BCUT2D eigenvalue weighted by Crippen LogP contribution is 2.31. The quantitative estimate of drug-likeness (QED) is 0.758. The predicted molar refractivity (Wildman–Crippen MR) is 62.8 cm³/mol. The molecule has 0 heterocycles. The van der Waals surface area contributed by atoms with Gasteiger partial charge in [0.05, 0.1) is 6.10 Å². The fourth-order valence-corrected chi connectivity index (χ4v) is 3.32.